The predicted molar refractivity (Wildman–Crippen MR) is 215 cm³/mol. The molecule has 0 fully saturated rings. The van der Waals surface area contributed by atoms with Crippen molar-refractivity contribution in [3.05, 3.63) is 0 Å². The molecule has 0 saturated carbocycles. The number of hydrogen-bond acceptors (Lipinski definition) is 4. The second kappa shape index (κ2) is 40.7. The number of carbonyl (C=O) groups excluding carboxylic acids is 4. The fourth-order valence-electron chi connectivity index (χ4n) is 6.10. The van der Waals surface area contributed by atoms with Crippen LogP contribution in [0.4, 0.5) is 0 Å². The SMILES string of the molecule is CCCCCCCCCCCC(=O)NC(CCC[NH+]=C(N)N)C(=O)NCCCNC(=O)C(CCC[NH+]=C(N)N)NC(=O)CCCCCCCCCCC.[Cl-].[Cl-]. The van der Waals surface area contributed by atoms with Gasteiger partial charge in [0.15, 0.2) is 0 Å². The summed E-state index contributed by atoms with van der Waals surface area (Å²) < 4.78 is 0. The molecule has 324 valence electrons. The lowest BCUT2D eigenvalue weighted by molar-refractivity contribution is -0.460. The number of nitrogens with one attached hydrogen (secondary N) is 6. The Hall–Kier alpha value is -3.00. The van der Waals surface area contributed by atoms with Crippen LogP contribution in [0, 0.1) is 0 Å². The third-order valence-corrected chi connectivity index (χ3v) is 9.27. The van der Waals surface area contributed by atoms with Crippen molar-refractivity contribution in [1.82, 2.24) is 21.3 Å². The summed E-state index contributed by atoms with van der Waals surface area (Å²) in [5, 5.41) is 11.6. The Morgan fingerprint density at radius 3 is 1.07 bits per heavy atom. The Morgan fingerprint density at radius 1 is 0.455 bits per heavy atom. The van der Waals surface area contributed by atoms with E-state index in [-0.39, 0.29) is 60.4 Å². The zero-order valence-electron chi connectivity index (χ0n) is 34.4. The Kier molecular flexibility index (Phi) is 41.6. The summed E-state index contributed by atoms with van der Waals surface area (Å²) in [5.74, 6) is -0.590. The molecule has 0 aromatic carbocycles. The molecule has 0 aliphatic heterocycles. The fourth-order valence-corrected chi connectivity index (χ4v) is 6.10. The summed E-state index contributed by atoms with van der Waals surface area (Å²) in [6, 6.07) is -1.37. The van der Waals surface area contributed by atoms with Gasteiger partial charge in [-0.2, -0.15) is 0 Å². The molecule has 2 unspecified atom stereocenters. The topological polar surface area (TPSA) is 248 Å². The van der Waals surface area contributed by atoms with Crippen LogP contribution in [0.1, 0.15) is 174 Å². The van der Waals surface area contributed by atoms with E-state index in [1.165, 1.54) is 77.0 Å². The summed E-state index contributed by atoms with van der Waals surface area (Å²) in [5.41, 5.74) is 22.0. The molecule has 0 bridgehead atoms. The summed E-state index contributed by atoms with van der Waals surface area (Å²) in [4.78, 5) is 57.3. The van der Waals surface area contributed by atoms with Gasteiger partial charge in [-0.3, -0.25) is 52.1 Å². The van der Waals surface area contributed by atoms with Crippen LogP contribution < -0.4 is 79.0 Å². The van der Waals surface area contributed by atoms with Crippen LogP contribution in [-0.4, -0.2) is 73.8 Å². The molecule has 2 atom stereocenters. The maximum absolute atomic E-state index is 13.1. The second-order valence-corrected chi connectivity index (χ2v) is 14.4. The van der Waals surface area contributed by atoms with E-state index in [1.54, 1.807) is 0 Å². The van der Waals surface area contributed by atoms with Gasteiger partial charge in [0.25, 0.3) is 0 Å². The third-order valence-electron chi connectivity index (χ3n) is 9.27. The van der Waals surface area contributed by atoms with E-state index in [1.807, 2.05) is 0 Å². The van der Waals surface area contributed by atoms with Crippen molar-refractivity contribution in [3.8, 4) is 0 Å². The molecular weight excluding hydrogens is 743 g/mol. The third kappa shape index (κ3) is 37.7. The molecule has 4 amide bonds. The Morgan fingerprint density at radius 2 is 0.764 bits per heavy atom. The van der Waals surface area contributed by atoms with E-state index in [4.69, 9.17) is 22.9 Å². The van der Waals surface area contributed by atoms with Gasteiger partial charge >= 0.3 is 11.9 Å². The standard InChI is InChI=1S/C39H78N10O4.2ClH/c1-3-5-7-9-11-13-15-17-19-26-34(50)48-32(24-21-28-46-38(40)41)36(52)44-30-23-31-45-37(53)33(25-22-29-47-39(42)43)49-35(51)27-20-18-16-14-12-10-8-6-4-2;;/h32-33H,3-31H2,1-2H3,(H,44,52)(H,45,53)(H,48,50)(H,49,51)(H4,40,41,46)(H4,42,43,47);2*1H. The lowest BCUT2D eigenvalue weighted by Gasteiger charge is -2.19. The van der Waals surface area contributed by atoms with Crippen LogP contribution in [-0.2, 0) is 19.2 Å². The first kappa shape index (κ1) is 56.3. The zero-order chi connectivity index (χ0) is 39.4. The smallest absolute Gasteiger partial charge is 0.338 e. The van der Waals surface area contributed by atoms with Gasteiger partial charge in [0.05, 0.1) is 13.1 Å². The van der Waals surface area contributed by atoms with Crippen LogP contribution in [0.15, 0.2) is 0 Å². The highest BCUT2D eigenvalue weighted by Crippen LogP contribution is 2.12. The van der Waals surface area contributed by atoms with Crippen molar-refractivity contribution in [1.29, 1.82) is 0 Å². The molecule has 16 heteroatoms. The van der Waals surface area contributed by atoms with Crippen LogP contribution >= 0.6 is 0 Å². The Labute approximate surface area is 345 Å². The van der Waals surface area contributed by atoms with Gasteiger partial charge in [-0.25, -0.2) is 0 Å². The quantitative estimate of drug-likeness (QED) is 0.0166. The molecule has 0 saturated heterocycles. The molecule has 0 spiro atoms. The van der Waals surface area contributed by atoms with Crippen molar-refractivity contribution in [3.63, 3.8) is 0 Å². The summed E-state index contributed by atoms with van der Waals surface area (Å²) in [6.07, 6.45) is 24.2. The molecule has 0 aliphatic rings. The van der Waals surface area contributed by atoms with Crippen LogP contribution in [0.5, 0.6) is 0 Å². The monoisotopic (exact) mass is 823 g/mol. The van der Waals surface area contributed by atoms with Gasteiger partial charge < -0.3 is 46.1 Å². The lowest BCUT2D eigenvalue weighted by Crippen LogP contribution is -3.00. The number of carbonyl (C=O) groups is 4. The van der Waals surface area contributed by atoms with E-state index >= 15 is 0 Å². The number of guanidine groups is 2. The van der Waals surface area contributed by atoms with Crippen molar-refractivity contribution in [2.45, 2.75) is 186 Å². The predicted octanol–water partition coefficient (Wildman–Crippen LogP) is -5.30. The molecule has 14 N–H and O–H groups in total. The van der Waals surface area contributed by atoms with Crippen molar-refractivity contribution in [2.75, 3.05) is 26.2 Å². The molecule has 0 radical (unpaired) electrons. The Balaban J connectivity index is -0.0000135. The van der Waals surface area contributed by atoms with Gasteiger partial charge in [0.2, 0.25) is 23.6 Å². The molecule has 0 aromatic rings. The van der Waals surface area contributed by atoms with E-state index in [0.29, 0.717) is 71.1 Å². The average molecular weight is 824 g/mol. The summed E-state index contributed by atoms with van der Waals surface area (Å²) in [7, 11) is 0. The minimum absolute atomic E-state index is 0. The second-order valence-electron chi connectivity index (χ2n) is 14.4. The molecule has 0 aliphatic carbocycles. The first-order valence-electron chi connectivity index (χ1n) is 21.0. The molecule has 0 heterocycles. The molecule has 0 rings (SSSR count). The van der Waals surface area contributed by atoms with Crippen molar-refractivity contribution < 1.29 is 54.0 Å². The first-order chi connectivity index (χ1) is 25.6. The van der Waals surface area contributed by atoms with Crippen LogP contribution in [0.3, 0.4) is 0 Å². The minimum Gasteiger partial charge on any atom is -1.00 e. The van der Waals surface area contributed by atoms with Gasteiger partial charge in [-0.05, 0) is 44.9 Å². The van der Waals surface area contributed by atoms with Crippen LogP contribution in [0.2, 0.25) is 0 Å². The van der Waals surface area contributed by atoms with Gasteiger partial charge in [0, 0.05) is 25.9 Å². The lowest BCUT2D eigenvalue weighted by atomic mass is 10.1. The fraction of sp³-hybridized carbons (Fsp3) is 0.846. The van der Waals surface area contributed by atoms with Gasteiger partial charge in [-0.1, -0.05) is 117 Å². The normalized spacial score (nSPS) is 11.5. The van der Waals surface area contributed by atoms with Crippen LogP contribution in [0.25, 0.3) is 0 Å². The molecule has 0 aromatic heterocycles. The van der Waals surface area contributed by atoms with E-state index in [9.17, 15) is 19.2 Å². The van der Waals surface area contributed by atoms with Gasteiger partial charge in [-0.15, -0.1) is 0 Å². The average Bonchev–Trinajstić information content (AvgIpc) is 3.12. The highest BCUT2D eigenvalue weighted by Gasteiger charge is 2.22. The number of rotatable bonds is 36. The highest BCUT2D eigenvalue weighted by molar-refractivity contribution is 5.88. The molecule has 14 nitrogen and oxygen atoms in total. The number of hydrogen-bond donors (Lipinski definition) is 10. The van der Waals surface area contributed by atoms with Crippen molar-refractivity contribution >= 4 is 35.5 Å². The largest absolute Gasteiger partial charge is 1.00 e. The Bertz CT molecular complexity index is 951. The minimum atomic E-state index is -0.685. The van der Waals surface area contributed by atoms with E-state index < -0.39 is 12.1 Å². The van der Waals surface area contributed by atoms with E-state index in [2.05, 4.69) is 45.1 Å². The number of unbranched alkanes of at least 4 members (excludes halogenated alkanes) is 16. The maximum atomic E-state index is 13.1. The van der Waals surface area contributed by atoms with E-state index in [0.717, 1.165) is 38.5 Å². The molecule has 55 heavy (non-hydrogen) atoms. The summed E-state index contributed by atoms with van der Waals surface area (Å²) in [6.45, 7) is 6.03. The first-order valence-corrected chi connectivity index (χ1v) is 21.0. The summed E-state index contributed by atoms with van der Waals surface area (Å²) >= 11 is 0. The molecular formula is C39H80Cl2N10O4. The van der Waals surface area contributed by atoms with Crippen molar-refractivity contribution in [2.24, 2.45) is 22.9 Å². The number of nitrogens with two attached hydrogens (primary N) is 4. The highest BCUT2D eigenvalue weighted by atomic mass is 35.5. The van der Waals surface area contributed by atoms with Gasteiger partial charge in [0.1, 0.15) is 12.1 Å². The number of amides is 4. The maximum Gasteiger partial charge on any atom is 0.338 e. The number of halogens is 2. The zero-order valence-corrected chi connectivity index (χ0v) is 35.9.